The lowest BCUT2D eigenvalue weighted by atomic mass is 10.3. The number of thiophene rings is 1. The van der Waals surface area contributed by atoms with E-state index in [2.05, 4.69) is 6.92 Å². The second-order valence-electron chi connectivity index (χ2n) is 4.15. The molecule has 0 aliphatic rings. The van der Waals surface area contributed by atoms with Crippen molar-refractivity contribution in [3.05, 3.63) is 21.3 Å². The predicted octanol–water partition coefficient (Wildman–Crippen LogP) is 2.83. The highest BCUT2D eigenvalue weighted by molar-refractivity contribution is 8.00. The number of thioether (sulfide) groups is 1. The quantitative estimate of drug-likeness (QED) is 0.842. The molecule has 1 amide bonds. The number of halogens is 1. The van der Waals surface area contributed by atoms with Gasteiger partial charge < -0.3 is 10.6 Å². The minimum Gasteiger partial charge on any atom is -0.340 e. The highest BCUT2D eigenvalue weighted by Gasteiger charge is 2.12. The number of carbonyl (C=O) groups excluding carboxylic acids is 1. The average Bonchev–Trinajstić information content (AvgIpc) is 2.72. The molecular weight excluding hydrogens is 288 g/mol. The maximum Gasteiger partial charge on any atom is 0.232 e. The molecule has 0 spiro atoms. The fraction of sp³-hybridized carbons (Fsp3) is 0.583. The summed E-state index contributed by atoms with van der Waals surface area (Å²) in [6.45, 7) is 3.40. The summed E-state index contributed by atoms with van der Waals surface area (Å²) in [5, 5.41) is 0.434. The maximum atomic E-state index is 11.9. The first kappa shape index (κ1) is 15.8. The largest absolute Gasteiger partial charge is 0.340 e. The Labute approximate surface area is 122 Å². The molecule has 1 heterocycles. The molecule has 1 aromatic heterocycles. The third-order valence-electron chi connectivity index (χ3n) is 2.51. The molecule has 0 saturated carbocycles. The van der Waals surface area contributed by atoms with Crippen molar-refractivity contribution in [2.24, 2.45) is 5.73 Å². The number of hydrogen-bond acceptors (Lipinski definition) is 4. The zero-order valence-electron chi connectivity index (χ0n) is 10.7. The molecule has 102 valence electrons. The molecule has 1 atom stereocenters. The molecule has 1 aromatic rings. The Hall–Kier alpha value is -0.230. The van der Waals surface area contributed by atoms with Crippen molar-refractivity contribution in [2.45, 2.75) is 25.1 Å². The van der Waals surface area contributed by atoms with Crippen molar-refractivity contribution in [3.63, 3.8) is 0 Å². The molecule has 0 radical (unpaired) electrons. The number of carbonyl (C=O) groups is 1. The van der Waals surface area contributed by atoms with Gasteiger partial charge in [0, 0.05) is 17.2 Å². The van der Waals surface area contributed by atoms with E-state index in [0.29, 0.717) is 24.1 Å². The zero-order chi connectivity index (χ0) is 13.5. The summed E-state index contributed by atoms with van der Waals surface area (Å²) in [6, 6.07) is 3.82. The van der Waals surface area contributed by atoms with E-state index in [1.807, 2.05) is 19.2 Å². The van der Waals surface area contributed by atoms with Crippen molar-refractivity contribution >= 4 is 40.6 Å². The summed E-state index contributed by atoms with van der Waals surface area (Å²) >= 11 is 9.03. The first-order chi connectivity index (χ1) is 8.52. The maximum absolute atomic E-state index is 11.9. The molecule has 0 aliphatic carbocycles. The van der Waals surface area contributed by atoms with Crippen LogP contribution in [0.2, 0.25) is 4.34 Å². The SMILES string of the molecule is CC(CCN)SCC(=O)N(C)Cc1ccc(Cl)s1. The molecule has 0 aliphatic heterocycles. The van der Waals surface area contributed by atoms with E-state index in [1.54, 1.807) is 16.7 Å². The number of nitrogens with zero attached hydrogens (tertiary/aromatic N) is 1. The molecule has 1 unspecified atom stereocenters. The van der Waals surface area contributed by atoms with Gasteiger partial charge in [-0.2, -0.15) is 0 Å². The van der Waals surface area contributed by atoms with E-state index in [-0.39, 0.29) is 5.91 Å². The summed E-state index contributed by atoms with van der Waals surface area (Å²) < 4.78 is 0.761. The van der Waals surface area contributed by atoms with Gasteiger partial charge in [0.15, 0.2) is 0 Å². The Morgan fingerprint density at radius 2 is 2.33 bits per heavy atom. The second kappa shape index (κ2) is 8.04. The monoisotopic (exact) mass is 306 g/mol. The Bertz CT molecular complexity index is 384. The van der Waals surface area contributed by atoms with Gasteiger partial charge in [0.25, 0.3) is 0 Å². The van der Waals surface area contributed by atoms with E-state index in [9.17, 15) is 4.79 Å². The first-order valence-electron chi connectivity index (χ1n) is 5.82. The van der Waals surface area contributed by atoms with Crippen molar-refractivity contribution in [1.82, 2.24) is 4.90 Å². The molecule has 1 rings (SSSR count). The van der Waals surface area contributed by atoms with Gasteiger partial charge in [-0.3, -0.25) is 4.79 Å². The Kier molecular flexibility index (Phi) is 7.07. The van der Waals surface area contributed by atoms with E-state index in [4.69, 9.17) is 17.3 Å². The smallest absolute Gasteiger partial charge is 0.232 e. The van der Waals surface area contributed by atoms with Crippen LogP contribution in [0.1, 0.15) is 18.2 Å². The van der Waals surface area contributed by atoms with Crippen LogP contribution in [-0.2, 0) is 11.3 Å². The predicted molar refractivity (Wildman–Crippen MR) is 81.4 cm³/mol. The zero-order valence-corrected chi connectivity index (χ0v) is 13.1. The lowest BCUT2D eigenvalue weighted by molar-refractivity contribution is -0.127. The van der Waals surface area contributed by atoms with Crippen LogP contribution in [0.15, 0.2) is 12.1 Å². The van der Waals surface area contributed by atoms with E-state index < -0.39 is 0 Å². The molecular formula is C12H19ClN2OS2. The van der Waals surface area contributed by atoms with Crippen molar-refractivity contribution in [1.29, 1.82) is 0 Å². The van der Waals surface area contributed by atoms with Gasteiger partial charge in [-0.1, -0.05) is 18.5 Å². The van der Waals surface area contributed by atoms with Crippen LogP contribution in [0.25, 0.3) is 0 Å². The van der Waals surface area contributed by atoms with Gasteiger partial charge in [0.1, 0.15) is 0 Å². The van der Waals surface area contributed by atoms with Crippen LogP contribution in [0.4, 0.5) is 0 Å². The summed E-state index contributed by atoms with van der Waals surface area (Å²) in [5.41, 5.74) is 5.48. The second-order valence-corrected chi connectivity index (χ2v) is 7.38. The van der Waals surface area contributed by atoms with Crippen LogP contribution in [0.3, 0.4) is 0 Å². The van der Waals surface area contributed by atoms with E-state index in [1.165, 1.54) is 11.3 Å². The van der Waals surface area contributed by atoms with Gasteiger partial charge in [-0.15, -0.1) is 23.1 Å². The molecule has 3 nitrogen and oxygen atoms in total. The first-order valence-corrected chi connectivity index (χ1v) is 8.07. The topological polar surface area (TPSA) is 46.3 Å². The minimum atomic E-state index is 0.147. The molecule has 2 N–H and O–H groups in total. The normalized spacial score (nSPS) is 12.4. The van der Waals surface area contributed by atoms with Gasteiger partial charge in [-0.05, 0) is 25.1 Å². The summed E-state index contributed by atoms with van der Waals surface area (Å²) in [5.74, 6) is 0.657. The van der Waals surface area contributed by atoms with Crippen molar-refractivity contribution in [2.75, 3.05) is 19.3 Å². The third kappa shape index (κ3) is 5.61. The third-order valence-corrected chi connectivity index (χ3v) is 4.95. The van der Waals surface area contributed by atoms with Gasteiger partial charge >= 0.3 is 0 Å². The molecule has 0 aromatic carbocycles. The Morgan fingerprint density at radius 1 is 1.61 bits per heavy atom. The number of hydrogen-bond donors (Lipinski definition) is 1. The standard InChI is InChI=1S/C12H19ClN2OS2/c1-9(5-6-14)17-8-12(16)15(2)7-10-3-4-11(13)18-10/h3-4,9H,5-8,14H2,1-2H3. The Balaban J connectivity index is 2.33. The molecule has 0 fully saturated rings. The molecule has 6 heteroatoms. The highest BCUT2D eigenvalue weighted by Crippen LogP contribution is 2.22. The number of nitrogens with two attached hydrogens (primary N) is 1. The molecule has 0 bridgehead atoms. The number of rotatable bonds is 7. The molecule has 0 saturated heterocycles. The van der Waals surface area contributed by atoms with Crippen molar-refractivity contribution in [3.8, 4) is 0 Å². The molecule has 18 heavy (non-hydrogen) atoms. The van der Waals surface area contributed by atoms with Crippen LogP contribution in [-0.4, -0.2) is 35.4 Å². The van der Waals surface area contributed by atoms with E-state index in [0.717, 1.165) is 15.6 Å². The Morgan fingerprint density at radius 3 is 2.89 bits per heavy atom. The van der Waals surface area contributed by atoms with E-state index >= 15 is 0 Å². The minimum absolute atomic E-state index is 0.147. The lowest BCUT2D eigenvalue weighted by Crippen LogP contribution is -2.28. The van der Waals surface area contributed by atoms with Gasteiger partial charge in [-0.25, -0.2) is 0 Å². The van der Waals surface area contributed by atoms with Crippen LogP contribution >= 0.6 is 34.7 Å². The fourth-order valence-corrected chi connectivity index (χ4v) is 3.49. The van der Waals surface area contributed by atoms with Gasteiger partial charge in [0.05, 0.1) is 16.6 Å². The summed E-state index contributed by atoms with van der Waals surface area (Å²) in [7, 11) is 1.82. The van der Waals surface area contributed by atoms with Crippen LogP contribution < -0.4 is 5.73 Å². The van der Waals surface area contributed by atoms with Crippen LogP contribution in [0, 0.1) is 0 Å². The summed E-state index contributed by atoms with van der Waals surface area (Å²) in [4.78, 5) is 14.8. The summed E-state index contributed by atoms with van der Waals surface area (Å²) in [6.07, 6.45) is 0.947. The van der Waals surface area contributed by atoms with Gasteiger partial charge in [0.2, 0.25) is 5.91 Å². The average molecular weight is 307 g/mol. The van der Waals surface area contributed by atoms with Crippen LogP contribution in [0.5, 0.6) is 0 Å². The lowest BCUT2D eigenvalue weighted by Gasteiger charge is -2.17. The van der Waals surface area contributed by atoms with Crippen molar-refractivity contribution < 1.29 is 4.79 Å². The highest BCUT2D eigenvalue weighted by atomic mass is 35.5. The number of amides is 1. The fourth-order valence-electron chi connectivity index (χ4n) is 1.40.